The van der Waals surface area contributed by atoms with E-state index in [0.29, 0.717) is 5.69 Å². The van der Waals surface area contributed by atoms with Crippen molar-refractivity contribution >= 4 is 53.1 Å². The van der Waals surface area contributed by atoms with E-state index >= 15 is 0 Å². The number of likely N-dealkylation sites (N-methyl/N-ethyl adjacent to an activating group) is 1. The van der Waals surface area contributed by atoms with Crippen LogP contribution in [0.4, 0.5) is 5.82 Å². The lowest BCUT2D eigenvalue weighted by Crippen LogP contribution is -2.38. The van der Waals surface area contributed by atoms with Gasteiger partial charge in [-0.05, 0) is 12.5 Å². The lowest BCUT2D eigenvalue weighted by atomic mass is 10.0. The van der Waals surface area contributed by atoms with Gasteiger partial charge < -0.3 is 15.2 Å². The number of aryl methyl sites for hydroxylation is 1. The fraction of sp³-hybridized carbons (Fsp3) is 0.333. The molecule has 0 fully saturated rings. The van der Waals surface area contributed by atoms with Crippen molar-refractivity contribution in [1.82, 2.24) is 23.5 Å². The van der Waals surface area contributed by atoms with Gasteiger partial charge in [-0.2, -0.15) is 0 Å². The van der Waals surface area contributed by atoms with Gasteiger partial charge in [0, 0.05) is 68.8 Å². The van der Waals surface area contributed by atoms with E-state index in [0.717, 1.165) is 42.1 Å². The summed E-state index contributed by atoms with van der Waals surface area (Å²) < 4.78 is 4.03. The van der Waals surface area contributed by atoms with E-state index in [-0.39, 0.29) is 6.04 Å². The van der Waals surface area contributed by atoms with Gasteiger partial charge in [-0.15, -0.1) is 0 Å². The molecule has 25 heavy (non-hydrogen) atoms. The van der Waals surface area contributed by atoms with Gasteiger partial charge in [-0.25, -0.2) is 15.0 Å². The monoisotopic (exact) mass is 469 g/mol. The topological polar surface area (TPSA) is 94.9 Å². The van der Waals surface area contributed by atoms with Gasteiger partial charge in [0.1, 0.15) is 23.7 Å². The number of hydrogen-bond acceptors (Lipinski definition) is 6. The number of imidazole rings is 1. The van der Waals surface area contributed by atoms with Crippen LogP contribution in [0.15, 0.2) is 24.8 Å². The van der Waals surface area contributed by atoms with Crippen molar-refractivity contribution < 1.29 is 4.79 Å². The van der Waals surface area contributed by atoms with Crippen LogP contribution in [0, 0.1) is 0 Å². The van der Waals surface area contributed by atoms with Gasteiger partial charge in [0.05, 0.1) is 5.39 Å². The van der Waals surface area contributed by atoms with Crippen molar-refractivity contribution in [1.29, 1.82) is 0 Å². The molecule has 1 aliphatic heterocycles. The van der Waals surface area contributed by atoms with Crippen LogP contribution in [0.2, 0.25) is 0 Å². The van der Waals surface area contributed by atoms with Crippen LogP contribution in [0.5, 0.6) is 0 Å². The number of fused-ring (bicyclic) bond motifs is 2. The average molecular weight is 469 g/mol. The second kappa shape index (κ2) is 6.48. The van der Waals surface area contributed by atoms with E-state index in [1.165, 1.54) is 0 Å². The van der Waals surface area contributed by atoms with Gasteiger partial charge in [0.15, 0.2) is 5.65 Å². The number of carbonyl (C=O) groups excluding carboxylic acids is 1. The summed E-state index contributed by atoms with van der Waals surface area (Å²) in [6.07, 6.45) is 7.05. The zero-order valence-electron chi connectivity index (χ0n) is 13.5. The standard InChI is InChI=1S/C15H16IN7OS/c1-21(14-10-3-5-23(25-16)15(10)19-8-18-14)9-2-4-22-7-11(13(17)24)20-12(22)6-9/h3,5,7-9H,2,4,6H2,1H3,(H2,17,24). The van der Waals surface area contributed by atoms with Crippen LogP contribution in [-0.4, -0.2) is 42.5 Å². The second-order valence-electron chi connectivity index (χ2n) is 6.00. The highest BCUT2D eigenvalue weighted by Crippen LogP contribution is 2.30. The average Bonchev–Trinajstić information content (AvgIpc) is 3.23. The zero-order valence-corrected chi connectivity index (χ0v) is 16.4. The van der Waals surface area contributed by atoms with E-state index in [9.17, 15) is 4.79 Å². The van der Waals surface area contributed by atoms with E-state index in [1.807, 2.05) is 20.8 Å². The predicted octanol–water partition coefficient (Wildman–Crippen LogP) is 2.02. The van der Waals surface area contributed by atoms with Crippen molar-refractivity contribution in [2.45, 2.75) is 25.4 Å². The number of nitrogens with two attached hydrogens (primary N) is 1. The molecule has 2 N–H and O–H groups in total. The fourth-order valence-corrected chi connectivity index (χ4v) is 4.56. The first-order valence-corrected chi connectivity index (χ1v) is 11.1. The summed E-state index contributed by atoms with van der Waals surface area (Å²) in [6.45, 7) is 0.809. The predicted molar refractivity (Wildman–Crippen MR) is 106 cm³/mol. The first kappa shape index (κ1) is 16.6. The smallest absolute Gasteiger partial charge is 0.268 e. The van der Waals surface area contributed by atoms with Crippen LogP contribution in [0.3, 0.4) is 0 Å². The van der Waals surface area contributed by atoms with Crippen molar-refractivity contribution in [3.8, 4) is 0 Å². The highest BCUT2D eigenvalue weighted by atomic mass is 127. The molecule has 0 saturated heterocycles. The number of nitrogens with zero attached hydrogens (tertiary/aromatic N) is 6. The summed E-state index contributed by atoms with van der Waals surface area (Å²) in [5, 5.41) is 1.03. The minimum Gasteiger partial charge on any atom is -0.364 e. The third kappa shape index (κ3) is 2.86. The molecule has 4 rings (SSSR count). The number of primary amides is 1. The quantitative estimate of drug-likeness (QED) is 0.588. The Morgan fingerprint density at radius 1 is 1.48 bits per heavy atom. The molecule has 1 aliphatic rings. The Hall–Kier alpha value is -1.82. The lowest BCUT2D eigenvalue weighted by Gasteiger charge is -2.32. The molecular formula is C15H16IN7OS. The number of hydrogen-bond donors (Lipinski definition) is 1. The molecular weight excluding hydrogens is 453 g/mol. The van der Waals surface area contributed by atoms with Crippen molar-refractivity contribution in [2.24, 2.45) is 5.73 Å². The summed E-state index contributed by atoms with van der Waals surface area (Å²) >= 11 is 2.24. The van der Waals surface area contributed by atoms with E-state index in [1.54, 1.807) is 21.6 Å². The van der Waals surface area contributed by atoms with Crippen molar-refractivity contribution in [2.75, 3.05) is 11.9 Å². The van der Waals surface area contributed by atoms with Crippen LogP contribution in [-0.2, 0) is 13.0 Å². The fourth-order valence-electron chi connectivity index (χ4n) is 3.29. The van der Waals surface area contributed by atoms with Crippen LogP contribution < -0.4 is 10.6 Å². The Bertz CT molecular complexity index is 953. The molecule has 4 heterocycles. The lowest BCUT2D eigenvalue weighted by molar-refractivity contribution is 0.0996. The molecule has 1 amide bonds. The van der Waals surface area contributed by atoms with Gasteiger partial charge in [0.25, 0.3) is 5.91 Å². The van der Waals surface area contributed by atoms with Crippen LogP contribution in [0.25, 0.3) is 11.0 Å². The zero-order chi connectivity index (χ0) is 17.6. The van der Waals surface area contributed by atoms with Crippen molar-refractivity contribution in [3.63, 3.8) is 0 Å². The molecule has 1 atom stereocenters. The Morgan fingerprint density at radius 2 is 2.32 bits per heavy atom. The summed E-state index contributed by atoms with van der Waals surface area (Å²) in [5.41, 5.74) is 6.58. The second-order valence-corrected chi connectivity index (χ2v) is 7.72. The molecule has 10 heteroatoms. The number of halogens is 1. The maximum Gasteiger partial charge on any atom is 0.268 e. The largest absolute Gasteiger partial charge is 0.364 e. The normalized spacial score (nSPS) is 16.8. The van der Waals surface area contributed by atoms with Gasteiger partial charge in [-0.3, -0.25) is 8.77 Å². The SMILES string of the molecule is CN(c1ncnc2c1ccn2SI)C1CCn2cc(C(N)=O)nc2C1. The molecule has 130 valence electrons. The highest BCUT2D eigenvalue weighted by Gasteiger charge is 2.26. The van der Waals surface area contributed by atoms with Crippen LogP contribution in [0.1, 0.15) is 22.7 Å². The molecule has 0 spiro atoms. The first-order valence-electron chi connectivity index (χ1n) is 7.78. The Morgan fingerprint density at radius 3 is 3.08 bits per heavy atom. The number of aromatic nitrogens is 5. The Kier molecular flexibility index (Phi) is 4.31. The van der Waals surface area contributed by atoms with Crippen molar-refractivity contribution in [3.05, 3.63) is 36.3 Å². The first-order chi connectivity index (χ1) is 12.1. The molecule has 1 unspecified atom stereocenters. The number of amides is 1. The maximum atomic E-state index is 11.3. The third-order valence-electron chi connectivity index (χ3n) is 4.62. The number of rotatable bonds is 4. The third-order valence-corrected chi connectivity index (χ3v) is 6.33. The van der Waals surface area contributed by atoms with E-state index < -0.39 is 5.91 Å². The molecule has 8 nitrogen and oxygen atoms in total. The van der Waals surface area contributed by atoms with Gasteiger partial charge >= 0.3 is 0 Å². The summed E-state index contributed by atoms with van der Waals surface area (Å²) in [4.78, 5) is 26.8. The molecule has 0 radical (unpaired) electrons. The van der Waals surface area contributed by atoms with E-state index in [4.69, 9.17) is 5.73 Å². The molecule has 3 aromatic rings. The van der Waals surface area contributed by atoms with Gasteiger partial charge in [-0.1, -0.05) is 0 Å². The summed E-state index contributed by atoms with van der Waals surface area (Å²) in [6, 6.07) is 2.30. The Labute approximate surface area is 160 Å². The molecule has 0 aliphatic carbocycles. The highest BCUT2D eigenvalue weighted by molar-refractivity contribution is 14.2. The summed E-state index contributed by atoms with van der Waals surface area (Å²) in [7, 11) is 3.63. The van der Waals surface area contributed by atoms with E-state index in [2.05, 4.69) is 48.1 Å². The minimum absolute atomic E-state index is 0.254. The number of carbonyl (C=O) groups is 1. The molecule has 3 aromatic heterocycles. The Balaban J connectivity index is 1.64. The molecule has 0 saturated carbocycles. The maximum absolute atomic E-state index is 11.3. The van der Waals surface area contributed by atoms with Gasteiger partial charge in [0.2, 0.25) is 0 Å². The minimum atomic E-state index is -0.484. The molecule has 0 bridgehead atoms. The van der Waals surface area contributed by atoms with Crippen LogP contribution >= 0.6 is 30.3 Å². The number of anilines is 1. The summed E-state index contributed by atoms with van der Waals surface area (Å²) in [5.74, 6) is 1.32. The molecule has 0 aromatic carbocycles.